The summed E-state index contributed by atoms with van der Waals surface area (Å²) in [7, 11) is 1.67. The van der Waals surface area contributed by atoms with Crippen LogP contribution in [0.15, 0.2) is 12.1 Å². The Bertz CT molecular complexity index is 462. The molecule has 1 saturated heterocycles. The van der Waals surface area contributed by atoms with Gasteiger partial charge in [-0.1, -0.05) is 0 Å². The Morgan fingerprint density at radius 1 is 1.26 bits per heavy atom. The second-order valence-corrected chi connectivity index (χ2v) is 6.54. The average molecular weight is 278 g/mol. The summed E-state index contributed by atoms with van der Waals surface area (Å²) in [6.45, 7) is 3.98. The number of ether oxygens (including phenoxy) is 1. The Kier molecular flexibility index (Phi) is 4.92. The van der Waals surface area contributed by atoms with Gasteiger partial charge >= 0.3 is 0 Å². The van der Waals surface area contributed by atoms with Gasteiger partial charge in [-0.2, -0.15) is 11.8 Å². The van der Waals surface area contributed by atoms with Gasteiger partial charge in [-0.15, -0.1) is 0 Å². The number of rotatable bonds is 4. The predicted octanol–water partition coefficient (Wildman–Crippen LogP) is 4.03. The van der Waals surface area contributed by atoms with Crippen molar-refractivity contribution < 1.29 is 9.53 Å². The third-order valence-corrected chi connectivity index (χ3v) is 4.91. The highest BCUT2D eigenvalue weighted by Crippen LogP contribution is 2.29. The number of aryl methyl sites for hydroxylation is 2. The predicted molar refractivity (Wildman–Crippen MR) is 81.5 cm³/mol. The number of thioether (sulfide) groups is 1. The standard InChI is InChI=1S/C16H22O2S/c1-11-9-16(18-3)12(2)8-14(11)15(17)10-13-4-6-19-7-5-13/h8-9,13H,4-7,10H2,1-3H3. The molecule has 0 aliphatic carbocycles. The third kappa shape index (κ3) is 3.53. The van der Waals surface area contributed by atoms with Crippen LogP contribution in [0.2, 0.25) is 0 Å². The zero-order valence-corrected chi connectivity index (χ0v) is 12.8. The Labute approximate surface area is 119 Å². The van der Waals surface area contributed by atoms with E-state index in [-0.39, 0.29) is 0 Å². The molecule has 0 atom stereocenters. The third-order valence-electron chi connectivity index (χ3n) is 3.86. The number of methoxy groups -OCH3 is 1. The molecule has 0 amide bonds. The molecule has 0 saturated carbocycles. The van der Waals surface area contributed by atoms with E-state index in [0.29, 0.717) is 18.1 Å². The molecule has 1 aromatic rings. The summed E-state index contributed by atoms with van der Waals surface area (Å²) in [5, 5.41) is 0. The summed E-state index contributed by atoms with van der Waals surface area (Å²) in [5.74, 6) is 4.15. The SMILES string of the molecule is COc1cc(C)c(C(=O)CC2CCSCC2)cc1C. The maximum absolute atomic E-state index is 12.4. The van der Waals surface area contributed by atoms with Gasteiger partial charge < -0.3 is 4.74 Å². The zero-order valence-electron chi connectivity index (χ0n) is 12.0. The summed E-state index contributed by atoms with van der Waals surface area (Å²) in [4.78, 5) is 12.4. The monoisotopic (exact) mass is 278 g/mol. The van der Waals surface area contributed by atoms with E-state index in [9.17, 15) is 4.79 Å². The Morgan fingerprint density at radius 3 is 2.58 bits per heavy atom. The van der Waals surface area contributed by atoms with Crippen molar-refractivity contribution in [2.75, 3.05) is 18.6 Å². The lowest BCUT2D eigenvalue weighted by atomic mass is 9.91. The van der Waals surface area contributed by atoms with E-state index in [1.807, 2.05) is 37.7 Å². The van der Waals surface area contributed by atoms with Gasteiger partial charge in [0.15, 0.2) is 5.78 Å². The fraction of sp³-hybridized carbons (Fsp3) is 0.562. The van der Waals surface area contributed by atoms with Gasteiger partial charge in [-0.25, -0.2) is 0 Å². The van der Waals surface area contributed by atoms with Crippen molar-refractivity contribution in [3.8, 4) is 5.75 Å². The number of hydrogen-bond donors (Lipinski definition) is 0. The normalized spacial score (nSPS) is 16.4. The van der Waals surface area contributed by atoms with E-state index in [0.717, 1.165) is 22.4 Å². The van der Waals surface area contributed by atoms with Crippen LogP contribution in [0.5, 0.6) is 5.75 Å². The number of hydrogen-bond acceptors (Lipinski definition) is 3. The number of carbonyl (C=O) groups excluding carboxylic acids is 1. The molecule has 1 fully saturated rings. The van der Waals surface area contributed by atoms with Gasteiger partial charge in [-0.05, 0) is 67.4 Å². The van der Waals surface area contributed by atoms with E-state index in [1.165, 1.54) is 24.3 Å². The molecule has 0 spiro atoms. The van der Waals surface area contributed by atoms with Crippen LogP contribution in [0.25, 0.3) is 0 Å². The minimum atomic E-state index is 0.292. The first-order valence-electron chi connectivity index (χ1n) is 6.88. The Balaban J connectivity index is 2.12. The van der Waals surface area contributed by atoms with Crippen molar-refractivity contribution in [3.63, 3.8) is 0 Å². The molecule has 1 aliphatic rings. The second-order valence-electron chi connectivity index (χ2n) is 5.32. The summed E-state index contributed by atoms with van der Waals surface area (Å²) < 4.78 is 5.30. The molecule has 2 rings (SSSR count). The largest absolute Gasteiger partial charge is 0.496 e. The van der Waals surface area contributed by atoms with E-state index in [2.05, 4.69) is 0 Å². The van der Waals surface area contributed by atoms with E-state index in [1.54, 1.807) is 7.11 Å². The molecule has 0 radical (unpaired) electrons. The minimum absolute atomic E-state index is 0.292. The molecule has 0 aromatic heterocycles. The highest BCUT2D eigenvalue weighted by Gasteiger charge is 2.20. The molecule has 0 N–H and O–H groups in total. The molecular formula is C16H22O2S. The molecule has 3 heteroatoms. The maximum atomic E-state index is 12.4. The molecule has 104 valence electrons. The lowest BCUT2D eigenvalue weighted by Gasteiger charge is -2.21. The van der Waals surface area contributed by atoms with Crippen LogP contribution in [0, 0.1) is 19.8 Å². The number of ketones is 1. The van der Waals surface area contributed by atoms with E-state index in [4.69, 9.17) is 4.74 Å². The summed E-state index contributed by atoms with van der Waals surface area (Å²) in [6.07, 6.45) is 3.07. The molecule has 0 unspecified atom stereocenters. The number of carbonyl (C=O) groups is 1. The Hall–Kier alpha value is -0.960. The van der Waals surface area contributed by atoms with Gasteiger partial charge in [-0.3, -0.25) is 4.79 Å². The molecule has 1 aliphatic heterocycles. The van der Waals surface area contributed by atoms with Gasteiger partial charge in [0, 0.05) is 12.0 Å². The molecule has 19 heavy (non-hydrogen) atoms. The van der Waals surface area contributed by atoms with Gasteiger partial charge in [0.05, 0.1) is 7.11 Å². The van der Waals surface area contributed by atoms with Crippen molar-refractivity contribution in [2.45, 2.75) is 33.1 Å². The van der Waals surface area contributed by atoms with Crippen molar-refractivity contribution in [1.29, 1.82) is 0 Å². The molecule has 1 heterocycles. The van der Waals surface area contributed by atoms with Crippen LogP contribution in [-0.4, -0.2) is 24.4 Å². The first-order valence-corrected chi connectivity index (χ1v) is 8.03. The smallest absolute Gasteiger partial charge is 0.163 e. The fourth-order valence-electron chi connectivity index (χ4n) is 2.63. The topological polar surface area (TPSA) is 26.3 Å². The van der Waals surface area contributed by atoms with Crippen molar-refractivity contribution in [3.05, 3.63) is 28.8 Å². The van der Waals surface area contributed by atoms with Crippen molar-refractivity contribution in [1.82, 2.24) is 0 Å². The zero-order chi connectivity index (χ0) is 13.8. The quantitative estimate of drug-likeness (QED) is 0.778. The fourth-order valence-corrected chi connectivity index (χ4v) is 3.84. The van der Waals surface area contributed by atoms with Gasteiger partial charge in [0.1, 0.15) is 5.75 Å². The maximum Gasteiger partial charge on any atom is 0.163 e. The summed E-state index contributed by atoms with van der Waals surface area (Å²) in [6, 6.07) is 3.95. The summed E-state index contributed by atoms with van der Waals surface area (Å²) >= 11 is 2.00. The average Bonchev–Trinajstić information content (AvgIpc) is 2.42. The highest BCUT2D eigenvalue weighted by molar-refractivity contribution is 7.99. The molecule has 1 aromatic carbocycles. The molecule has 0 bridgehead atoms. The Morgan fingerprint density at radius 2 is 1.95 bits per heavy atom. The van der Waals surface area contributed by atoms with Gasteiger partial charge in [0.25, 0.3) is 0 Å². The van der Waals surface area contributed by atoms with Crippen LogP contribution >= 0.6 is 11.8 Å². The van der Waals surface area contributed by atoms with E-state index >= 15 is 0 Å². The summed E-state index contributed by atoms with van der Waals surface area (Å²) in [5.41, 5.74) is 2.94. The van der Waals surface area contributed by atoms with Crippen LogP contribution in [0.1, 0.15) is 40.7 Å². The van der Waals surface area contributed by atoms with Crippen LogP contribution < -0.4 is 4.74 Å². The molecular weight excluding hydrogens is 256 g/mol. The van der Waals surface area contributed by atoms with Crippen LogP contribution in [0.4, 0.5) is 0 Å². The first kappa shape index (κ1) is 14.4. The van der Waals surface area contributed by atoms with E-state index < -0.39 is 0 Å². The van der Waals surface area contributed by atoms with Gasteiger partial charge in [0.2, 0.25) is 0 Å². The molecule has 2 nitrogen and oxygen atoms in total. The van der Waals surface area contributed by atoms with Crippen molar-refractivity contribution in [2.24, 2.45) is 5.92 Å². The number of benzene rings is 1. The van der Waals surface area contributed by atoms with Crippen LogP contribution in [0.3, 0.4) is 0 Å². The lowest BCUT2D eigenvalue weighted by molar-refractivity contribution is 0.0958. The lowest BCUT2D eigenvalue weighted by Crippen LogP contribution is -2.15. The second kappa shape index (κ2) is 6.47. The minimum Gasteiger partial charge on any atom is -0.496 e. The van der Waals surface area contributed by atoms with Crippen molar-refractivity contribution >= 4 is 17.5 Å². The van der Waals surface area contributed by atoms with Crippen LogP contribution in [-0.2, 0) is 0 Å². The highest BCUT2D eigenvalue weighted by atomic mass is 32.2. The number of Topliss-reactive ketones (excluding diaryl/α,β-unsaturated/α-hetero) is 1. The first-order chi connectivity index (χ1) is 9.11.